The zero-order valence-corrected chi connectivity index (χ0v) is 16.5. The SMILES string of the molecule is CCCCOc1ccc(C)c(C(OC(C)(C)C)C(=O)OC)c1Br. The van der Waals surface area contributed by atoms with Gasteiger partial charge in [-0.1, -0.05) is 19.4 Å². The van der Waals surface area contributed by atoms with Crippen molar-refractivity contribution in [1.29, 1.82) is 0 Å². The number of esters is 1. The monoisotopic (exact) mass is 386 g/mol. The van der Waals surface area contributed by atoms with Gasteiger partial charge >= 0.3 is 5.97 Å². The molecular weight excluding hydrogens is 360 g/mol. The van der Waals surface area contributed by atoms with Crippen molar-refractivity contribution in [3.8, 4) is 5.75 Å². The molecule has 0 amide bonds. The van der Waals surface area contributed by atoms with Crippen LogP contribution in [0.3, 0.4) is 0 Å². The first-order valence-corrected chi connectivity index (χ1v) is 8.68. The van der Waals surface area contributed by atoms with E-state index in [0.29, 0.717) is 12.4 Å². The topological polar surface area (TPSA) is 44.8 Å². The molecule has 5 heteroatoms. The predicted molar refractivity (Wildman–Crippen MR) is 94.9 cm³/mol. The van der Waals surface area contributed by atoms with Crippen LogP contribution in [0.25, 0.3) is 0 Å². The van der Waals surface area contributed by atoms with Gasteiger partial charge in [-0.25, -0.2) is 4.79 Å². The minimum atomic E-state index is -0.802. The molecule has 0 spiro atoms. The van der Waals surface area contributed by atoms with Gasteiger partial charge in [-0.15, -0.1) is 0 Å². The average Bonchev–Trinajstić information content (AvgIpc) is 2.46. The van der Waals surface area contributed by atoms with Gasteiger partial charge < -0.3 is 14.2 Å². The summed E-state index contributed by atoms with van der Waals surface area (Å²) in [5.74, 6) is 0.292. The highest BCUT2D eigenvalue weighted by Gasteiger charge is 2.31. The predicted octanol–water partition coefficient (Wildman–Crippen LogP) is 4.97. The van der Waals surface area contributed by atoms with Crippen LogP contribution in [0.1, 0.15) is 57.8 Å². The normalized spacial score (nSPS) is 12.8. The van der Waals surface area contributed by atoms with Gasteiger partial charge in [0.1, 0.15) is 5.75 Å². The lowest BCUT2D eigenvalue weighted by Crippen LogP contribution is -2.29. The molecule has 4 nitrogen and oxygen atoms in total. The van der Waals surface area contributed by atoms with E-state index in [1.165, 1.54) is 7.11 Å². The smallest absolute Gasteiger partial charge is 0.339 e. The van der Waals surface area contributed by atoms with Gasteiger partial charge in [-0.3, -0.25) is 0 Å². The highest BCUT2D eigenvalue weighted by atomic mass is 79.9. The zero-order valence-electron chi connectivity index (χ0n) is 14.9. The first-order valence-electron chi connectivity index (χ1n) is 7.88. The minimum Gasteiger partial charge on any atom is -0.492 e. The first-order chi connectivity index (χ1) is 10.7. The van der Waals surface area contributed by atoms with Gasteiger partial charge in [0.2, 0.25) is 0 Å². The molecule has 0 fully saturated rings. The Morgan fingerprint density at radius 1 is 1.30 bits per heavy atom. The Labute approximate surface area is 147 Å². The Morgan fingerprint density at radius 2 is 1.96 bits per heavy atom. The number of halogens is 1. The average molecular weight is 387 g/mol. The molecule has 23 heavy (non-hydrogen) atoms. The fraction of sp³-hybridized carbons (Fsp3) is 0.611. The van der Waals surface area contributed by atoms with E-state index in [4.69, 9.17) is 14.2 Å². The van der Waals surface area contributed by atoms with Gasteiger partial charge in [-0.05, 0) is 61.7 Å². The number of aryl methyl sites for hydroxylation is 1. The maximum absolute atomic E-state index is 12.3. The molecule has 0 radical (unpaired) electrons. The number of methoxy groups -OCH3 is 1. The van der Waals surface area contributed by atoms with Crippen molar-refractivity contribution in [2.45, 2.75) is 59.2 Å². The number of hydrogen-bond donors (Lipinski definition) is 0. The first kappa shape index (κ1) is 20.0. The van der Waals surface area contributed by atoms with Crippen LogP contribution < -0.4 is 4.74 Å². The van der Waals surface area contributed by atoms with E-state index in [1.54, 1.807) is 0 Å². The Kier molecular flexibility index (Phi) is 7.55. The van der Waals surface area contributed by atoms with Gasteiger partial charge in [-0.2, -0.15) is 0 Å². The van der Waals surface area contributed by atoms with E-state index in [1.807, 2.05) is 39.8 Å². The second-order valence-corrected chi connectivity index (χ2v) is 7.24. The van der Waals surface area contributed by atoms with E-state index in [-0.39, 0.29) is 0 Å². The standard InChI is InChI=1S/C18H27BrO4/c1-7-8-11-22-13-10-9-12(2)14(15(13)19)16(17(20)21-6)23-18(3,4)5/h9-10,16H,7-8,11H2,1-6H3. The summed E-state index contributed by atoms with van der Waals surface area (Å²) in [5, 5.41) is 0. The molecule has 0 aromatic heterocycles. The Balaban J connectivity index is 3.23. The molecule has 1 atom stereocenters. The van der Waals surface area contributed by atoms with Crippen LogP contribution in [0.5, 0.6) is 5.75 Å². The number of benzene rings is 1. The minimum absolute atomic E-state index is 0.422. The maximum atomic E-state index is 12.3. The summed E-state index contributed by atoms with van der Waals surface area (Å²) < 4.78 is 17.4. The Bertz CT molecular complexity index is 535. The number of carbonyl (C=O) groups is 1. The van der Waals surface area contributed by atoms with Crippen molar-refractivity contribution in [3.63, 3.8) is 0 Å². The number of hydrogen-bond acceptors (Lipinski definition) is 4. The lowest BCUT2D eigenvalue weighted by atomic mass is 10.0. The lowest BCUT2D eigenvalue weighted by molar-refractivity contribution is -0.164. The molecule has 0 N–H and O–H groups in total. The molecule has 1 rings (SSSR count). The number of carbonyl (C=O) groups excluding carboxylic acids is 1. The molecule has 0 saturated carbocycles. The second kappa shape index (κ2) is 8.69. The van der Waals surface area contributed by atoms with Crippen molar-refractivity contribution >= 4 is 21.9 Å². The van der Waals surface area contributed by atoms with E-state index >= 15 is 0 Å². The summed E-state index contributed by atoms with van der Waals surface area (Å²) in [6.07, 6.45) is 1.24. The van der Waals surface area contributed by atoms with Crippen LogP contribution in [0, 0.1) is 6.92 Å². The van der Waals surface area contributed by atoms with Crippen LogP contribution in [0.4, 0.5) is 0 Å². The molecule has 0 saturated heterocycles. The number of ether oxygens (including phenoxy) is 3. The van der Waals surface area contributed by atoms with Gasteiger partial charge in [0.05, 0.1) is 23.8 Å². The molecule has 0 bridgehead atoms. The molecule has 1 aromatic rings. The van der Waals surface area contributed by atoms with Gasteiger partial charge in [0.25, 0.3) is 0 Å². The maximum Gasteiger partial charge on any atom is 0.339 e. The molecule has 0 aliphatic carbocycles. The van der Waals surface area contributed by atoms with Crippen LogP contribution in [0.15, 0.2) is 16.6 Å². The third-order valence-electron chi connectivity index (χ3n) is 3.27. The quantitative estimate of drug-likeness (QED) is 0.490. The summed E-state index contributed by atoms with van der Waals surface area (Å²) in [5.41, 5.74) is 1.21. The Hall–Kier alpha value is -1.07. The molecule has 0 heterocycles. The van der Waals surface area contributed by atoms with E-state index in [0.717, 1.165) is 28.4 Å². The summed E-state index contributed by atoms with van der Waals surface area (Å²) in [6.45, 7) is 10.4. The molecule has 1 unspecified atom stereocenters. The van der Waals surface area contributed by atoms with Crippen LogP contribution >= 0.6 is 15.9 Å². The van der Waals surface area contributed by atoms with Gasteiger partial charge in [0, 0.05) is 5.56 Å². The highest BCUT2D eigenvalue weighted by molar-refractivity contribution is 9.10. The summed E-state index contributed by atoms with van der Waals surface area (Å²) >= 11 is 3.58. The van der Waals surface area contributed by atoms with Crippen molar-refractivity contribution in [2.24, 2.45) is 0 Å². The van der Waals surface area contributed by atoms with Crippen LogP contribution in [-0.2, 0) is 14.3 Å². The van der Waals surface area contributed by atoms with E-state index in [9.17, 15) is 4.79 Å². The van der Waals surface area contributed by atoms with E-state index in [2.05, 4.69) is 22.9 Å². The highest BCUT2D eigenvalue weighted by Crippen LogP contribution is 2.38. The summed E-state index contributed by atoms with van der Waals surface area (Å²) in [7, 11) is 1.37. The third kappa shape index (κ3) is 5.81. The summed E-state index contributed by atoms with van der Waals surface area (Å²) in [6, 6.07) is 3.84. The number of rotatable bonds is 7. The van der Waals surface area contributed by atoms with Gasteiger partial charge in [0.15, 0.2) is 6.10 Å². The molecular formula is C18H27BrO4. The molecule has 1 aromatic carbocycles. The van der Waals surface area contributed by atoms with Crippen molar-refractivity contribution in [1.82, 2.24) is 0 Å². The fourth-order valence-electron chi connectivity index (χ4n) is 2.11. The fourth-order valence-corrected chi connectivity index (χ4v) is 2.88. The van der Waals surface area contributed by atoms with E-state index < -0.39 is 17.7 Å². The van der Waals surface area contributed by atoms with Crippen LogP contribution in [0.2, 0.25) is 0 Å². The van der Waals surface area contributed by atoms with Crippen molar-refractivity contribution in [3.05, 3.63) is 27.7 Å². The summed E-state index contributed by atoms with van der Waals surface area (Å²) in [4.78, 5) is 12.3. The number of unbranched alkanes of at least 4 members (excludes halogenated alkanes) is 1. The third-order valence-corrected chi connectivity index (χ3v) is 4.08. The van der Waals surface area contributed by atoms with Crippen molar-refractivity contribution < 1.29 is 19.0 Å². The lowest BCUT2D eigenvalue weighted by Gasteiger charge is -2.28. The molecule has 0 aliphatic heterocycles. The van der Waals surface area contributed by atoms with Crippen LogP contribution in [-0.4, -0.2) is 25.3 Å². The second-order valence-electron chi connectivity index (χ2n) is 6.44. The molecule has 0 aliphatic rings. The Morgan fingerprint density at radius 3 is 2.48 bits per heavy atom. The van der Waals surface area contributed by atoms with Crippen molar-refractivity contribution in [2.75, 3.05) is 13.7 Å². The zero-order chi connectivity index (χ0) is 17.6. The molecule has 130 valence electrons. The largest absolute Gasteiger partial charge is 0.492 e.